The number of ether oxygens (including phenoxy) is 1. The molecule has 1 saturated heterocycles. The molecule has 1 N–H and O–H groups in total. The Morgan fingerprint density at radius 2 is 2.04 bits per heavy atom. The van der Waals surface area contributed by atoms with Gasteiger partial charge in [0, 0.05) is 19.0 Å². The van der Waals surface area contributed by atoms with Crippen molar-refractivity contribution < 1.29 is 27.8 Å². The Morgan fingerprint density at radius 3 is 2.74 bits per heavy atom. The van der Waals surface area contributed by atoms with Crippen LogP contribution in [0.25, 0.3) is 0 Å². The molecule has 23 heavy (non-hydrogen) atoms. The number of carbonyl (C=O) groups is 1. The molecule has 4 nitrogen and oxygen atoms in total. The second kappa shape index (κ2) is 6.03. The smallest absolute Gasteiger partial charge is 0.405 e. The largest absolute Gasteiger partial charge is 0.573 e. The van der Waals surface area contributed by atoms with Gasteiger partial charge in [0.25, 0.3) is 0 Å². The van der Waals surface area contributed by atoms with Crippen molar-refractivity contribution in [2.75, 3.05) is 13.1 Å². The standard InChI is InChI=1S/C16H18F3NO3/c17-16(18,19)23-14-6-2-1-5-11(14)12-8-13(12)15(22)20-7-3-4-10(21)9-20/h1-2,5-6,10,12-13,21H,3-4,7-9H2/t10-,12-,13+/m0/s1. The molecule has 3 rings (SSSR count). The number of aliphatic hydroxyl groups is 1. The van der Waals surface area contributed by atoms with Crippen LogP contribution >= 0.6 is 0 Å². The van der Waals surface area contributed by atoms with Gasteiger partial charge in [0.05, 0.1) is 6.10 Å². The minimum Gasteiger partial charge on any atom is -0.405 e. The Morgan fingerprint density at radius 1 is 1.30 bits per heavy atom. The van der Waals surface area contributed by atoms with Gasteiger partial charge < -0.3 is 14.7 Å². The number of nitrogens with zero attached hydrogens (tertiary/aromatic N) is 1. The second-order valence-electron chi connectivity index (χ2n) is 6.11. The number of benzene rings is 1. The van der Waals surface area contributed by atoms with Crippen LogP contribution in [0.3, 0.4) is 0 Å². The molecular formula is C16H18F3NO3. The lowest BCUT2D eigenvalue weighted by Crippen LogP contribution is -2.43. The fraction of sp³-hybridized carbons (Fsp3) is 0.562. The van der Waals surface area contributed by atoms with Gasteiger partial charge in [0.2, 0.25) is 5.91 Å². The summed E-state index contributed by atoms with van der Waals surface area (Å²) in [6.45, 7) is 0.905. The second-order valence-corrected chi connectivity index (χ2v) is 6.11. The lowest BCUT2D eigenvalue weighted by atomic mass is 10.1. The van der Waals surface area contributed by atoms with E-state index in [4.69, 9.17) is 0 Å². The number of hydrogen-bond acceptors (Lipinski definition) is 3. The van der Waals surface area contributed by atoms with Gasteiger partial charge >= 0.3 is 6.36 Å². The summed E-state index contributed by atoms with van der Waals surface area (Å²) >= 11 is 0. The average Bonchev–Trinajstić information content (AvgIpc) is 3.25. The van der Waals surface area contributed by atoms with E-state index >= 15 is 0 Å². The number of carbonyl (C=O) groups excluding carboxylic acids is 1. The number of rotatable bonds is 3. The summed E-state index contributed by atoms with van der Waals surface area (Å²) in [5.41, 5.74) is 0.417. The number of halogens is 3. The predicted octanol–water partition coefficient (Wildman–Crippen LogP) is 2.67. The van der Waals surface area contributed by atoms with Crippen LogP contribution in [0.5, 0.6) is 5.75 Å². The maximum Gasteiger partial charge on any atom is 0.573 e. The Hall–Kier alpha value is -1.76. The van der Waals surface area contributed by atoms with Crippen molar-refractivity contribution in [3.63, 3.8) is 0 Å². The Balaban J connectivity index is 1.69. The van der Waals surface area contributed by atoms with E-state index < -0.39 is 12.5 Å². The van der Waals surface area contributed by atoms with Crippen molar-refractivity contribution in [1.82, 2.24) is 4.90 Å². The van der Waals surface area contributed by atoms with Gasteiger partial charge in [-0.05, 0) is 36.8 Å². The van der Waals surface area contributed by atoms with Crippen molar-refractivity contribution in [1.29, 1.82) is 0 Å². The molecule has 0 bridgehead atoms. The van der Waals surface area contributed by atoms with Gasteiger partial charge in [-0.15, -0.1) is 13.2 Å². The highest BCUT2D eigenvalue weighted by Gasteiger charge is 2.48. The zero-order valence-electron chi connectivity index (χ0n) is 12.4. The van der Waals surface area contributed by atoms with Crippen LogP contribution < -0.4 is 4.74 Å². The highest BCUT2D eigenvalue weighted by molar-refractivity contribution is 5.83. The summed E-state index contributed by atoms with van der Waals surface area (Å²) in [7, 11) is 0. The predicted molar refractivity (Wildman–Crippen MR) is 75.8 cm³/mol. The molecule has 7 heteroatoms. The molecule has 0 radical (unpaired) electrons. The molecule has 1 heterocycles. The van der Waals surface area contributed by atoms with E-state index in [9.17, 15) is 23.1 Å². The monoisotopic (exact) mass is 329 g/mol. The van der Waals surface area contributed by atoms with E-state index in [-0.39, 0.29) is 23.5 Å². The van der Waals surface area contributed by atoms with Gasteiger partial charge in [0.1, 0.15) is 5.75 Å². The Bertz CT molecular complexity index is 590. The maximum absolute atomic E-state index is 12.5. The Kier molecular flexibility index (Phi) is 4.23. The third-order valence-electron chi connectivity index (χ3n) is 4.36. The third-order valence-corrected chi connectivity index (χ3v) is 4.36. The molecule has 0 aromatic heterocycles. The number of hydrogen-bond donors (Lipinski definition) is 1. The van der Waals surface area contributed by atoms with E-state index in [2.05, 4.69) is 4.74 Å². The molecule has 1 aliphatic heterocycles. The molecule has 2 fully saturated rings. The van der Waals surface area contributed by atoms with Crippen LogP contribution in [-0.2, 0) is 4.79 Å². The lowest BCUT2D eigenvalue weighted by Gasteiger charge is -2.30. The number of alkyl halides is 3. The number of para-hydroxylation sites is 1. The van der Waals surface area contributed by atoms with Crippen molar-refractivity contribution in [2.24, 2.45) is 5.92 Å². The summed E-state index contributed by atoms with van der Waals surface area (Å²) in [5.74, 6) is -0.895. The van der Waals surface area contributed by atoms with Crippen molar-refractivity contribution >= 4 is 5.91 Å². The van der Waals surface area contributed by atoms with E-state index in [1.165, 1.54) is 12.1 Å². The Labute approximate surface area is 131 Å². The van der Waals surface area contributed by atoms with Crippen LogP contribution in [0.2, 0.25) is 0 Å². The number of amides is 1. The van der Waals surface area contributed by atoms with Crippen LogP contribution in [0.1, 0.15) is 30.7 Å². The van der Waals surface area contributed by atoms with Gasteiger partial charge in [-0.25, -0.2) is 0 Å². The summed E-state index contributed by atoms with van der Waals surface area (Å²) < 4.78 is 41.5. The molecular weight excluding hydrogens is 311 g/mol. The fourth-order valence-electron chi connectivity index (χ4n) is 3.21. The molecule has 126 valence electrons. The first-order valence-corrected chi connectivity index (χ1v) is 7.66. The van der Waals surface area contributed by atoms with Crippen molar-refractivity contribution in [3.8, 4) is 5.75 Å². The highest BCUT2D eigenvalue weighted by atomic mass is 19.4. The number of likely N-dealkylation sites (tertiary alicyclic amines) is 1. The van der Waals surface area contributed by atoms with Crippen molar-refractivity contribution in [3.05, 3.63) is 29.8 Å². The van der Waals surface area contributed by atoms with E-state index in [1.54, 1.807) is 17.0 Å². The third kappa shape index (κ3) is 3.77. The zero-order valence-corrected chi connectivity index (χ0v) is 12.4. The van der Waals surface area contributed by atoms with Gasteiger partial charge in [-0.2, -0.15) is 0 Å². The van der Waals surface area contributed by atoms with E-state index in [1.807, 2.05) is 0 Å². The first-order chi connectivity index (χ1) is 10.8. The molecule has 1 aliphatic carbocycles. The maximum atomic E-state index is 12.5. The molecule has 3 atom stereocenters. The normalized spacial score (nSPS) is 27.7. The SMILES string of the molecule is O=C([C@@H]1C[C@H]1c1ccccc1OC(F)(F)F)N1CCC[C@H](O)C1. The number of β-amino-alcohol motifs (C(OH)–C–C–N with tert-alkyl or cyclic N) is 1. The molecule has 2 aliphatic rings. The first kappa shape index (κ1) is 16.1. The average molecular weight is 329 g/mol. The molecule has 1 aromatic rings. The summed E-state index contributed by atoms with van der Waals surface area (Å²) in [6.07, 6.45) is -3.31. The fourth-order valence-corrected chi connectivity index (χ4v) is 3.21. The van der Waals surface area contributed by atoms with E-state index in [0.29, 0.717) is 31.5 Å². The van der Waals surface area contributed by atoms with Gasteiger partial charge in [0.15, 0.2) is 0 Å². The minimum atomic E-state index is -4.75. The van der Waals surface area contributed by atoms with E-state index in [0.717, 1.165) is 6.42 Å². The lowest BCUT2D eigenvalue weighted by molar-refractivity contribution is -0.274. The first-order valence-electron chi connectivity index (χ1n) is 7.66. The highest BCUT2D eigenvalue weighted by Crippen LogP contribution is 2.51. The number of aliphatic hydroxyl groups excluding tert-OH is 1. The van der Waals surface area contributed by atoms with Crippen LogP contribution in [0.15, 0.2) is 24.3 Å². The quantitative estimate of drug-likeness (QED) is 0.927. The summed E-state index contributed by atoms with van der Waals surface area (Å²) in [6, 6.07) is 5.96. The minimum absolute atomic E-state index is 0.0874. The van der Waals surface area contributed by atoms with Crippen LogP contribution in [0.4, 0.5) is 13.2 Å². The molecule has 1 amide bonds. The topological polar surface area (TPSA) is 49.8 Å². The van der Waals surface area contributed by atoms with Gasteiger partial charge in [-0.1, -0.05) is 18.2 Å². The summed E-state index contributed by atoms with van der Waals surface area (Å²) in [4.78, 5) is 14.1. The van der Waals surface area contributed by atoms with Crippen molar-refractivity contribution in [2.45, 2.75) is 37.6 Å². The molecule has 0 spiro atoms. The summed E-state index contributed by atoms with van der Waals surface area (Å²) in [5, 5.41) is 9.65. The number of piperidine rings is 1. The molecule has 1 aromatic carbocycles. The zero-order chi connectivity index (χ0) is 16.6. The van der Waals surface area contributed by atoms with Crippen LogP contribution in [0, 0.1) is 5.92 Å². The van der Waals surface area contributed by atoms with Gasteiger partial charge in [-0.3, -0.25) is 4.79 Å². The van der Waals surface area contributed by atoms with Crippen LogP contribution in [-0.4, -0.2) is 41.5 Å². The molecule has 0 unspecified atom stereocenters. The molecule has 1 saturated carbocycles.